The summed E-state index contributed by atoms with van der Waals surface area (Å²) in [4.78, 5) is 29.3. The van der Waals surface area contributed by atoms with Gasteiger partial charge < -0.3 is 19.3 Å². The van der Waals surface area contributed by atoms with Crippen LogP contribution in [0.3, 0.4) is 0 Å². The van der Waals surface area contributed by atoms with Gasteiger partial charge in [-0.05, 0) is 25.0 Å². The molecule has 6 nitrogen and oxygen atoms in total. The zero-order valence-electron chi connectivity index (χ0n) is 15.7. The molecule has 1 saturated heterocycles. The van der Waals surface area contributed by atoms with Gasteiger partial charge in [0, 0.05) is 38.2 Å². The third-order valence-electron chi connectivity index (χ3n) is 5.47. The van der Waals surface area contributed by atoms with E-state index in [1.807, 2.05) is 4.90 Å². The molecule has 142 valence electrons. The number of rotatable bonds is 4. The van der Waals surface area contributed by atoms with Crippen LogP contribution in [0, 0.1) is 5.92 Å². The normalized spacial score (nSPS) is 18.5. The number of nitrogens with zero attached hydrogens (tertiary/aromatic N) is 2. The summed E-state index contributed by atoms with van der Waals surface area (Å²) in [5, 5.41) is 0. The van der Waals surface area contributed by atoms with Crippen molar-refractivity contribution < 1.29 is 19.1 Å². The first-order valence-corrected chi connectivity index (χ1v) is 9.44. The average molecular weight is 360 g/mol. The second-order valence-electron chi connectivity index (χ2n) is 7.02. The van der Waals surface area contributed by atoms with Gasteiger partial charge in [0.2, 0.25) is 5.91 Å². The van der Waals surface area contributed by atoms with Crippen LogP contribution in [0.4, 0.5) is 0 Å². The van der Waals surface area contributed by atoms with Gasteiger partial charge in [0.15, 0.2) is 0 Å². The van der Waals surface area contributed by atoms with E-state index in [4.69, 9.17) is 9.47 Å². The molecule has 0 N–H and O–H groups in total. The molecule has 1 aliphatic carbocycles. The molecular formula is C20H28N2O4. The molecule has 1 aliphatic heterocycles. The van der Waals surface area contributed by atoms with Crippen LogP contribution in [0.2, 0.25) is 0 Å². The van der Waals surface area contributed by atoms with Gasteiger partial charge in [-0.2, -0.15) is 0 Å². The number of amides is 2. The predicted octanol–water partition coefficient (Wildman–Crippen LogP) is 2.57. The van der Waals surface area contributed by atoms with Crippen LogP contribution >= 0.6 is 0 Å². The number of ether oxygens (including phenoxy) is 2. The fraction of sp³-hybridized carbons (Fsp3) is 0.600. The zero-order chi connectivity index (χ0) is 18.5. The van der Waals surface area contributed by atoms with Crippen molar-refractivity contribution in [2.75, 3.05) is 40.4 Å². The number of methoxy groups -OCH3 is 2. The first-order valence-electron chi connectivity index (χ1n) is 9.44. The highest BCUT2D eigenvalue weighted by Crippen LogP contribution is 2.28. The molecule has 0 atom stereocenters. The molecular weight excluding hydrogens is 332 g/mol. The Morgan fingerprint density at radius 2 is 1.58 bits per heavy atom. The van der Waals surface area contributed by atoms with Gasteiger partial charge in [0.1, 0.15) is 11.5 Å². The number of benzene rings is 1. The van der Waals surface area contributed by atoms with Gasteiger partial charge in [-0.1, -0.05) is 19.3 Å². The molecule has 1 aromatic carbocycles. The molecule has 0 aromatic heterocycles. The van der Waals surface area contributed by atoms with E-state index in [1.54, 1.807) is 37.3 Å². The smallest absolute Gasteiger partial charge is 0.257 e. The van der Waals surface area contributed by atoms with Crippen molar-refractivity contribution in [2.45, 2.75) is 32.1 Å². The first kappa shape index (κ1) is 18.5. The van der Waals surface area contributed by atoms with E-state index < -0.39 is 0 Å². The molecule has 0 unspecified atom stereocenters. The molecule has 0 spiro atoms. The Hall–Kier alpha value is -2.24. The molecule has 0 bridgehead atoms. The highest BCUT2D eigenvalue weighted by Gasteiger charge is 2.30. The van der Waals surface area contributed by atoms with Gasteiger partial charge in [-0.3, -0.25) is 9.59 Å². The van der Waals surface area contributed by atoms with E-state index in [0.717, 1.165) is 25.7 Å². The molecule has 1 aromatic rings. The number of hydrogen-bond donors (Lipinski definition) is 0. The topological polar surface area (TPSA) is 59.1 Å². The maximum absolute atomic E-state index is 12.9. The minimum atomic E-state index is -0.0609. The summed E-state index contributed by atoms with van der Waals surface area (Å²) in [7, 11) is 3.13. The molecule has 2 amide bonds. The van der Waals surface area contributed by atoms with E-state index in [0.29, 0.717) is 43.2 Å². The van der Waals surface area contributed by atoms with Crippen molar-refractivity contribution >= 4 is 11.8 Å². The number of hydrogen-bond acceptors (Lipinski definition) is 4. The minimum absolute atomic E-state index is 0.0609. The summed E-state index contributed by atoms with van der Waals surface area (Å²) in [6.07, 6.45) is 5.59. The lowest BCUT2D eigenvalue weighted by Gasteiger charge is -2.37. The van der Waals surface area contributed by atoms with Crippen molar-refractivity contribution in [3.63, 3.8) is 0 Å². The summed E-state index contributed by atoms with van der Waals surface area (Å²) in [6, 6.07) is 5.22. The summed E-state index contributed by atoms with van der Waals surface area (Å²) in [5.41, 5.74) is 0.528. The van der Waals surface area contributed by atoms with Crippen molar-refractivity contribution in [3.8, 4) is 11.5 Å². The number of carbonyl (C=O) groups excluding carboxylic acids is 2. The monoisotopic (exact) mass is 360 g/mol. The van der Waals surface area contributed by atoms with E-state index in [9.17, 15) is 9.59 Å². The average Bonchev–Trinajstić information content (AvgIpc) is 2.73. The Kier molecular flexibility index (Phi) is 6.01. The Morgan fingerprint density at radius 1 is 0.923 bits per heavy atom. The third kappa shape index (κ3) is 3.94. The Bertz CT molecular complexity index is 647. The summed E-state index contributed by atoms with van der Waals surface area (Å²) in [5.74, 6) is 1.57. The molecule has 3 rings (SSSR count). The maximum Gasteiger partial charge on any atom is 0.257 e. The van der Waals surface area contributed by atoms with Crippen LogP contribution in [-0.2, 0) is 4.79 Å². The molecule has 6 heteroatoms. The second-order valence-corrected chi connectivity index (χ2v) is 7.02. The summed E-state index contributed by atoms with van der Waals surface area (Å²) in [6.45, 7) is 2.35. The van der Waals surface area contributed by atoms with Gasteiger partial charge >= 0.3 is 0 Å². The standard InChI is InChI=1S/C20H28N2O4/c1-25-16-8-9-17(18(14-16)26-2)20(24)22-12-10-21(11-13-22)19(23)15-6-4-3-5-7-15/h8-9,14-15H,3-7,10-13H2,1-2H3. The molecule has 0 radical (unpaired) electrons. The Labute approximate surface area is 155 Å². The van der Waals surface area contributed by atoms with Crippen molar-refractivity contribution in [2.24, 2.45) is 5.92 Å². The van der Waals surface area contributed by atoms with E-state index in [-0.39, 0.29) is 17.7 Å². The van der Waals surface area contributed by atoms with Gasteiger partial charge in [0.25, 0.3) is 5.91 Å². The lowest BCUT2D eigenvalue weighted by molar-refractivity contribution is -0.138. The molecule has 1 saturated carbocycles. The van der Waals surface area contributed by atoms with Crippen LogP contribution in [-0.4, -0.2) is 62.0 Å². The molecule has 2 aliphatic rings. The van der Waals surface area contributed by atoms with E-state index in [1.165, 1.54) is 6.42 Å². The maximum atomic E-state index is 12.9. The Morgan fingerprint density at radius 3 is 2.19 bits per heavy atom. The van der Waals surface area contributed by atoms with Gasteiger partial charge in [0.05, 0.1) is 19.8 Å². The lowest BCUT2D eigenvalue weighted by atomic mass is 9.88. The SMILES string of the molecule is COc1ccc(C(=O)N2CCN(C(=O)C3CCCCC3)CC2)c(OC)c1. The summed E-state index contributed by atoms with van der Waals surface area (Å²) >= 11 is 0. The lowest BCUT2D eigenvalue weighted by Crippen LogP contribution is -2.52. The molecule has 1 heterocycles. The second kappa shape index (κ2) is 8.43. The minimum Gasteiger partial charge on any atom is -0.497 e. The Balaban J connectivity index is 1.61. The number of carbonyl (C=O) groups is 2. The van der Waals surface area contributed by atoms with Crippen LogP contribution in [0.15, 0.2) is 18.2 Å². The molecule has 26 heavy (non-hydrogen) atoms. The highest BCUT2D eigenvalue weighted by molar-refractivity contribution is 5.97. The quantitative estimate of drug-likeness (QED) is 0.828. The van der Waals surface area contributed by atoms with Crippen LogP contribution < -0.4 is 9.47 Å². The van der Waals surface area contributed by atoms with E-state index >= 15 is 0 Å². The van der Waals surface area contributed by atoms with Gasteiger partial charge in [-0.25, -0.2) is 0 Å². The fourth-order valence-electron chi connectivity index (χ4n) is 3.88. The molecule has 2 fully saturated rings. The first-order chi connectivity index (χ1) is 12.6. The largest absolute Gasteiger partial charge is 0.497 e. The van der Waals surface area contributed by atoms with Crippen molar-refractivity contribution in [3.05, 3.63) is 23.8 Å². The van der Waals surface area contributed by atoms with Crippen LogP contribution in [0.25, 0.3) is 0 Å². The summed E-state index contributed by atoms with van der Waals surface area (Å²) < 4.78 is 10.5. The van der Waals surface area contributed by atoms with Crippen molar-refractivity contribution in [1.82, 2.24) is 9.80 Å². The number of piperazine rings is 1. The van der Waals surface area contributed by atoms with Gasteiger partial charge in [-0.15, -0.1) is 0 Å². The third-order valence-corrected chi connectivity index (χ3v) is 5.47. The van der Waals surface area contributed by atoms with E-state index in [2.05, 4.69) is 0 Å². The zero-order valence-corrected chi connectivity index (χ0v) is 15.7. The predicted molar refractivity (Wildman–Crippen MR) is 98.6 cm³/mol. The van der Waals surface area contributed by atoms with Crippen LogP contribution in [0.5, 0.6) is 11.5 Å². The van der Waals surface area contributed by atoms with Crippen molar-refractivity contribution in [1.29, 1.82) is 0 Å². The fourth-order valence-corrected chi connectivity index (χ4v) is 3.88. The highest BCUT2D eigenvalue weighted by atomic mass is 16.5. The van der Waals surface area contributed by atoms with Crippen LogP contribution in [0.1, 0.15) is 42.5 Å².